The van der Waals surface area contributed by atoms with Crippen molar-refractivity contribution in [3.05, 3.63) is 77.4 Å². The molecule has 6 rings (SSSR count). The molecule has 0 unspecified atom stereocenters. The van der Waals surface area contributed by atoms with E-state index in [0.717, 1.165) is 16.3 Å². The lowest BCUT2D eigenvalue weighted by Gasteiger charge is -2.11. The second-order valence-corrected chi connectivity index (χ2v) is 11.5. The van der Waals surface area contributed by atoms with Crippen LogP contribution < -0.4 is 4.49 Å². The predicted molar refractivity (Wildman–Crippen MR) is 133 cm³/mol. The topological polar surface area (TPSA) is 109 Å². The molecule has 3 heterocycles. The first-order chi connectivity index (χ1) is 17.5. The van der Waals surface area contributed by atoms with E-state index in [9.17, 15) is 8.42 Å². The molecule has 1 aromatic heterocycles. The summed E-state index contributed by atoms with van der Waals surface area (Å²) >= 11 is 0. The molecule has 188 valence electrons. The second-order valence-electron chi connectivity index (χ2n) is 8.44. The number of benzene rings is 3. The van der Waals surface area contributed by atoms with Gasteiger partial charge in [0.25, 0.3) is 10.0 Å². The van der Waals surface area contributed by atoms with Crippen molar-refractivity contribution in [2.24, 2.45) is 0 Å². The lowest BCUT2D eigenvalue weighted by atomic mass is 10.0. The van der Waals surface area contributed by atoms with E-state index in [2.05, 4.69) is 4.49 Å². The number of rotatable bonds is 5. The normalized spacial score (nSPS) is 17.4. The maximum Gasteiger partial charge on any atom is 0.321 e. The van der Waals surface area contributed by atoms with Gasteiger partial charge in [0, 0.05) is 10.8 Å². The Bertz CT molecular complexity index is 1480. The van der Waals surface area contributed by atoms with E-state index in [1.807, 2.05) is 43.3 Å². The monoisotopic (exact) mass is 529 g/mol. The van der Waals surface area contributed by atoms with Crippen LogP contribution in [0.1, 0.15) is 29.3 Å². The SMILES string of the molecule is Cc1ccc(S(=O)(=O)Np2oc3c(C4OCCO4)cccc3c3cccc(C4OCCO4)c3o2)cc1. The highest BCUT2D eigenvalue weighted by Gasteiger charge is 2.27. The third kappa shape index (κ3) is 4.46. The van der Waals surface area contributed by atoms with Crippen LogP contribution in [0.25, 0.3) is 21.9 Å². The largest absolute Gasteiger partial charge is 0.407 e. The number of hydrogen-bond acceptors (Lipinski definition) is 8. The van der Waals surface area contributed by atoms with E-state index >= 15 is 0 Å². The van der Waals surface area contributed by atoms with Crippen molar-refractivity contribution in [1.82, 2.24) is 0 Å². The minimum Gasteiger partial charge on any atom is -0.407 e. The van der Waals surface area contributed by atoms with Crippen LogP contribution in [-0.2, 0) is 29.0 Å². The van der Waals surface area contributed by atoms with Gasteiger partial charge in [-0.25, -0.2) is 8.42 Å². The summed E-state index contributed by atoms with van der Waals surface area (Å²) in [5.41, 5.74) is 3.13. The van der Waals surface area contributed by atoms with Gasteiger partial charge in [-0.3, -0.25) is 0 Å². The lowest BCUT2D eigenvalue weighted by molar-refractivity contribution is -0.0436. The van der Waals surface area contributed by atoms with Gasteiger partial charge in [0.2, 0.25) is 0 Å². The van der Waals surface area contributed by atoms with E-state index < -0.39 is 30.8 Å². The molecule has 4 aromatic rings. The van der Waals surface area contributed by atoms with Crippen LogP contribution in [0.2, 0.25) is 0 Å². The molecule has 1 N–H and O–H groups in total. The molecular weight excluding hydrogens is 505 g/mol. The molecule has 0 spiro atoms. The van der Waals surface area contributed by atoms with E-state index in [0.29, 0.717) is 48.7 Å². The lowest BCUT2D eigenvalue weighted by Crippen LogP contribution is -2.10. The molecule has 36 heavy (non-hydrogen) atoms. The Kier molecular flexibility index (Phi) is 6.35. The standard InChI is InChI=1S/C25H24NO8PS/c1-16-8-10-17(11-9-16)36(27,28)26-35-33-22-18(4-2-6-20(22)24-29-12-13-30-24)19-5-3-7-21(23(19)34-35)25-31-14-15-32-25/h2-11,24-26H,12-15H2,1H3. The zero-order valence-electron chi connectivity index (χ0n) is 19.4. The van der Waals surface area contributed by atoms with Crippen LogP contribution in [0.15, 0.2) is 74.0 Å². The van der Waals surface area contributed by atoms with Crippen LogP contribution in [0, 0.1) is 6.92 Å². The van der Waals surface area contributed by atoms with Gasteiger partial charge in [0.1, 0.15) is 0 Å². The van der Waals surface area contributed by atoms with Gasteiger partial charge < -0.3 is 27.3 Å². The second kappa shape index (κ2) is 9.64. The molecule has 2 fully saturated rings. The maximum atomic E-state index is 13.3. The number of para-hydroxylation sites is 2. The molecule has 0 aliphatic carbocycles. The van der Waals surface area contributed by atoms with Crippen molar-refractivity contribution >= 4 is 40.1 Å². The van der Waals surface area contributed by atoms with E-state index in [1.54, 1.807) is 24.3 Å². The van der Waals surface area contributed by atoms with Gasteiger partial charge in [-0.1, -0.05) is 54.1 Å². The van der Waals surface area contributed by atoms with Crippen molar-refractivity contribution in [2.45, 2.75) is 24.4 Å². The third-order valence-corrected chi connectivity index (χ3v) is 9.15. The molecular formula is C25H24NO8PS. The number of hydrogen-bond donors (Lipinski definition) is 1. The molecule has 11 heteroatoms. The Balaban J connectivity index is 1.60. The molecule has 2 aliphatic rings. The summed E-state index contributed by atoms with van der Waals surface area (Å²) in [6.45, 7) is 3.71. The summed E-state index contributed by atoms with van der Waals surface area (Å²) in [6.07, 6.45) is -1.26. The van der Waals surface area contributed by atoms with Crippen molar-refractivity contribution < 1.29 is 35.8 Å². The van der Waals surface area contributed by atoms with Crippen LogP contribution in [0.3, 0.4) is 0 Å². The van der Waals surface area contributed by atoms with Gasteiger partial charge in [0.15, 0.2) is 23.7 Å². The highest BCUT2D eigenvalue weighted by Crippen LogP contribution is 2.41. The number of aryl methyl sites for hydroxylation is 1. The summed E-state index contributed by atoms with van der Waals surface area (Å²) in [6, 6.07) is 17.8. The zero-order chi connectivity index (χ0) is 24.7. The molecule has 0 bridgehead atoms. The highest BCUT2D eigenvalue weighted by molar-refractivity contribution is 7.97. The molecule has 2 saturated heterocycles. The minimum absolute atomic E-state index is 0.110. The Labute approximate surface area is 208 Å². The van der Waals surface area contributed by atoms with Crippen molar-refractivity contribution in [2.75, 3.05) is 30.9 Å². The minimum atomic E-state index is -3.96. The average molecular weight is 530 g/mol. The van der Waals surface area contributed by atoms with Crippen LogP contribution in [0.5, 0.6) is 0 Å². The third-order valence-electron chi connectivity index (χ3n) is 6.01. The molecule has 0 amide bonds. The number of sulfonamides is 1. The van der Waals surface area contributed by atoms with E-state index in [4.69, 9.17) is 27.3 Å². The van der Waals surface area contributed by atoms with Crippen LogP contribution in [0.4, 0.5) is 0 Å². The molecule has 3 aromatic carbocycles. The maximum absolute atomic E-state index is 13.3. The van der Waals surface area contributed by atoms with Gasteiger partial charge in [-0.15, -0.1) is 4.49 Å². The first-order valence-corrected chi connectivity index (χ1v) is 14.1. The molecule has 9 nitrogen and oxygen atoms in total. The number of fused-ring (bicyclic) bond motifs is 3. The summed E-state index contributed by atoms with van der Waals surface area (Å²) in [7, 11) is -6.17. The number of ether oxygens (including phenoxy) is 4. The fourth-order valence-electron chi connectivity index (χ4n) is 4.27. The van der Waals surface area contributed by atoms with Gasteiger partial charge in [0.05, 0.1) is 42.4 Å². The van der Waals surface area contributed by atoms with Crippen molar-refractivity contribution in [3.8, 4) is 0 Å². The quantitative estimate of drug-likeness (QED) is 0.355. The fraction of sp³-hybridized carbons (Fsp3) is 0.280. The van der Waals surface area contributed by atoms with Crippen molar-refractivity contribution in [1.29, 1.82) is 0 Å². The van der Waals surface area contributed by atoms with Gasteiger partial charge in [-0.05, 0) is 19.1 Å². The van der Waals surface area contributed by atoms with Crippen LogP contribution >= 0.6 is 8.16 Å². The predicted octanol–water partition coefficient (Wildman–Crippen LogP) is 5.62. The summed E-state index contributed by atoms with van der Waals surface area (Å²) in [5, 5.41) is 1.45. The Hall–Kier alpha value is -2.69. The first-order valence-electron chi connectivity index (χ1n) is 11.5. The zero-order valence-corrected chi connectivity index (χ0v) is 21.1. The summed E-state index contributed by atoms with van der Waals surface area (Å²) in [4.78, 5) is 0.110. The van der Waals surface area contributed by atoms with E-state index in [-0.39, 0.29) is 4.90 Å². The highest BCUT2D eigenvalue weighted by atomic mass is 32.2. The summed E-state index contributed by atoms with van der Waals surface area (Å²) < 4.78 is 64.7. The van der Waals surface area contributed by atoms with E-state index in [1.165, 1.54) is 0 Å². The molecule has 0 radical (unpaired) electrons. The van der Waals surface area contributed by atoms with Crippen molar-refractivity contribution in [3.63, 3.8) is 0 Å². The van der Waals surface area contributed by atoms with Gasteiger partial charge >= 0.3 is 8.16 Å². The van der Waals surface area contributed by atoms with Crippen LogP contribution in [-0.4, -0.2) is 34.8 Å². The molecule has 0 atom stereocenters. The smallest absolute Gasteiger partial charge is 0.321 e. The van der Waals surface area contributed by atoms with Gasteiger partial charge in [-0.2, -0.15) is 0 Å². The Morgan fingerprint density at radius 2 is 1.19 bits per heavy atom. The average Bonchev–Trinajstić information content (AvgIpc) is 3.57. The number of nitrogens with one attached hydrogen (secondary N) is 1. The fourth-order valence-corrected chi connectivity index (χ4v) is 7.05. The Morgan fingerprint density at radius 1 is 0.722 bits per heavy atom. The Morgan fingerprint density at radius 3 is 1.67 bits per heavy atom. The molecule has 2 aliphatic heterocycles. The molecule has 0 saturated carbocycles. The summed E-state index contributed by atoms with van der Waals surface area (Å²) in [5.74, 6) is 0. The first kappa shape index (κ1) is 23.7.